The minimum atomic E-state index is -4.70. The Morgan fingerprint density at radius 3 is 1.88 bits per heavy atom. The molecule has 3 aliphatic rings. The summed E-state index contributed by atoms with van der Waals surface area (Å²) in [4.78, 5) is 42.6. The topological polar surface area (TPSA) is 242 Å². The summed E-state index contributed by atoms with van der Waals surface area (Å²) in [5, 5.41) is 3.22. The van der Waals surface area contributed by atoms with E-state index in [0.29, 0.717) is 54.6 Å². The maximum Gasteiger partial charge on any atom is 1.00 e. The zero-order valence-corrected chi connectivity index (χ0v) is 45.3. The maximum atomic E-state index is 12.5. The fourth-order valence-corrected chi connectivity index (χ4v) is 10.9. The quantitative estimate of drug-likeness (QED) is 0.0349. The summed E-state index contributed by atoms with van der Waals surface area (Å²) >= 11 is 0. The first-order valence-corrected chi connectivity index (χ1v) is 25.8. The van der Waals surface area contributed by atoms with Crippen LogP contribution in [0.3, 0.4) is 0 Å². The number of benzene rings is 4. The molecule has 0 spiro atoms. The number of carbonyl (C=O) groups excluding carboxylic acids is 3. The van der Waals surface area contributed by atoms with Crippen molar-refractivity contribution >= 4 is 86.8 Å². The average Bonchev–Trinajstić information content (AvgIpc) is 3.75. The summed E-state index contributed by atoms with van der Waals surface area (Å²) in [5.41, 5.74) is 4.03. The molecular weight excluding hydrogens is 957 g/mol. The normalized spacial score (nSPS) is 17.4. The van der Waals surface area contributed by atoms with E-state index in [2.05, 4.69) is 23.3 Å². The first-order valence-electron chi connectivity index (χ1n) is 21.4. The van der Waals surface area contributed by atoms with Gasteiger partial charge in [-0.2, -0.15) is 4.58 Å². The molecule has 3 heterocycles. The number of anilines is 1. The molecule has 1 fully saturated rings. The van der Waals surface area contributed by atoms with Crippen molar-refractivity contribution in [2.24, 2.45) is 0 Å². The Hall–Kier alpha value is -3.57. The molecule has 68 heavy (non-hydrogen) atoms. The van der Waals surface area contributed by atoms with Gasteiger partial charge in [0.25, 0.3) is 11.8 Å². The van der Waals surface area contributed by atoms with Crippen LogP contribution in [0.4, 0.5) is 11.4 Å². The Morgan fingerprint density at radius 1 is 0.706 bits per heavy atom. The van der Waals surface area contributed by atoms with Crippen LogP contribution in [-0.2, 0) is 60.4 Å². The van der Waals surface area contributed by atoms with Gasteiger partial charge in [0.2, 0.25) is 5.69 Å². The number of hydrogen-bond donors (Lipinski definition) is 0. The van der Waals surface area contributed by atoms with Gasteiger partial charge in [0.1, 0.15) is 26.8 Å². The molecule has 0 unspecified atom stereocenters. The third-order valence-electron chi connectivity index (χ3n) is 12.4. The molecule has 0 aliphatic carbocycles. The van der Waals surface area contributed by atoms with E-state index in [1.807, 2.05) is 56.4 Å². The van der Waals surface area contributed by atoms with E-state index in [9.17, 15) is 53.3 Å². The number of rotatable bonds is 17. The summed E-state index contributed by atoms with van der Waals surface area (Å²) in [7, 11) is -13.8. The van der Waals surface area contributed by atoms with Crippen molar-refractivity contribution in [2.45, 2.75) is 99.7 Å². The summed E-state index contributed by atoms with van der Waals surface area (Å²) in [6, 6.07) is 15.9. The van der Waals surface area contributed by atoms with Crippen molar-refractivity contribution in [3.63, 3.8) is 0 Å². The second kappa shape index (κ2) is 21.4. The van der Waals surface area contributed by atoms with E-state index in [0.717, 1.165) is 44.7 Å². The van der Waals surface area contributed by atoms with Crippen LogP contribution in [0.15, 0.2) is 107 Å². The molecule has 3 aliphatic heterocycles. The van der Waals surface area contributed by atoms with Crippen molar-refractivity contribution in [1.82, 2.24) is 5.06 Å². The van der Waals surface area contributed by atoms with Gasteiger partial charge in [-0.15, -0.1) is 5.06 Å². The molecule has 0 radical (unpaired) electrons. The molecule has 0 N–H and O–H groups in total. The van der Waals surface area contributed by atoms with Crippen molar-refractivity contribution in [1.29, 1.82) is 0 Å². The van der Waals surface area contributed by atoms with Crippen LogP contribution in [0, 0.1) is 0 Å². The number of amides is 2. The predicted molar refractivity (Wildman–Crippen MR) is 243 cm³/mol. The van der Waals surface area contributed by atoms with Crippen LogP contribution < -0.4 is 64.0 Å². The largest absolute Gasteiger partial charge is 1.00 e. The SMILES string of the molecule is CC1(C)C(=CC=CC=CC2=[N+](CCCCCC(=O)ON3C(=O)CCC3=O)c3ccc4cc(S(=O)(=O)[O-])ccc4c3C2(C)C)N(CCCCS(=O)(=O)[O-])c2ccc3cc(S(=O)(=O)[O-])ccc3c21.[Na+].[Na+]. The average molecular weight is 1010 g/mol. The van der Waals surface area contributed by atoms with Crippen LogP contribution in [0.5, 0.6) is 0 Å². The number of unbranched alkanes of at least 4 members (excludes halogenated alkanes) is 3. The van der Waals surface area contributed by atoms with E-state index >= 15 is 0 Å². The van der Waals surface area contributed by atoms with Crippen LogP contribution in [0.1, 0.15) is 90.2 Å². The van der Waals surface area contributed by atoms with E-state index in [-0.39, 0.29) is 94.6 Å². The number of carbonyl (C=O) groups is 3. The van der Waals surface area contributed by atoms with Crippen molar-refractivity contribution in [2.75, 3.05) is 23.7 Å². The minimum absolute atomic E-state index is 0. The van der Waals surface area contributed by atoms with Crippen LogP contribution >= 0.6 is 0 Å². The number of fused-ring (bicyclic) bond motifs is 6. The molecule has 1 saturated heterocycles. The Kier molecular flexibility index (Phi) is 17.4. The summed E-state index contributed by atoms with van der Waals surface area (Å²) in [5.74, 6) is -2.26. The summed E-state index contributed by atoms with van der Waals surface area (Å²) in [6.45, 7) is 9.07. The zero-order chi connectivity index (χ0) is 48.0. The molecule has 350 valence electrons. The number of imide groups is 1. The minimum Gasteiger partial charge on any atom is -0.748 e. The van der Waals surface area contributed by atoms with Gasteiger partial charge in [-0.05, 0) is 109 Å². The standard InChI is InChI=1S/C47H51N3O13S3.2Na/c1-46(2)39(48(26-10-6-9-15-43(53)63-50-41(51)24-25-42(50)52)37-22-16-31-29-33(65(57,58)59)18-20-35(31)44(37)46)13-7-5-8-14-40-47(3,4)45-36-21-19-34(66(60,61)62)30-32(36)17-23-38(45)49(40)27-11-12-28-64(54,55)56;;/h5,7-8,13-14,16-23,29-30H,6,9-12,15,24-28H2,1-4H3,(H2-,54,55,56,57,58,59,60,61,62);;/q;2*+1/p-2. The van der Waals surface area contributed by atoms with Gasteiger partial charge in [0.05, 0.1) is 25.3 Å². The van der Waals surface area contributed by atoms with Gasteiger partial charge in [-0.25, -0.2) is 30.0 Å². The molecule has 16 nitrogen and oxygen atoms in total. The van der Waals surface area contributed by atoms with E-state index in [1.54, 1.807) is 24.3 Å². The van der Waals surface area contributed by atoms with E-state index in [1.165, 1.54) is 24.3 Å². The third-order valence-corrected chi connectivity index (χ3v) is 14.9. The van der Waals surface area contributed by atoms with Gasteiger partial charge in [0.15, 0.2) is 5.71 Å². The molecule has 0 aromatic heterocycles. The molecule has 21 heteroatoms. The van der Waals surface area contributed by atoms with Crippen LogP contribution in [0.2, 0.25) is 0 Å². The molecule has 4 aromatic carbocycles. The molecule has 7 rings (SSSR count). The third kappa shape index (κ3) is 11.8. The molecule has 0 saturated carbocycles. The van der Waals surface area contributed by atoms with Crippen molar-refractivity contribution < 1.29 is 122 Å². The predicted octanol–water partition coefficient (Wildman–Crippen LogP) is 0.473. The van der Waals surface area contributed by atoms with Gasteiger partial charge < -0.3 is 23.4 Å². The second-order valence-electron chi connectivity index (χ2n) is 17.7. The van der Waals surface area contributed by atoms with Crippen LogP contribution in [0.25, 0.3) is 21.5 Å². The molecule has 4 aromatic rings. The number of nitrogens with zero attached hydrogens (tertiary/aromatic N) is 3. The van der Waals surface area contributed by atoms with Crippen molar-refractivity contribution in [3.05, 3.63) is 108 Å². The summed E-state index contributed by atoms with van der Waals surface area (Å²) < 4.78 is 108. The van der Waals surface area contributed by atoms with E-state index < -0.39 is 64.7 Å². The van der Waals surface area contributed by atoms with Gasteiger partial charge in [0, 0.05) is 72.5 Å². The van der Waals surface area contributed by atoms with E-state index in [4.69, 9.17) is 4.84 Å². The monoisotopic (exact) mass is 1010 g/mol. The molecule has 2 amide bonds. The smallest absolute Gasteiger partial charge is 0.748 e. The summed E-state index contributed by atoms with van der Waals surface area (Å²) in [6.07, 6.45) is 11.8. The first kappa shape index (κ1) is 55.4. The number of hydrogen-bond acceptors (Lipinski definition) is 14. The van der Waals surface area contributed by atoms with Crippen LogP contribution in [-0.4, -0.2) is 90.9 Å². The van der Waals surface area contributed by atoms with Gasteiger partial charge in [-0.1, -0.05) is 50.3 Å². The molecular formula is C47H49N3Na2O13S3. The van der Waals surface area contributed by atoms with Gasteiger partial charge in [-0.3, -0.25) is 9.59 Å². The second-order valence-corrected chi connectivity index (χ2v) is 21.9. The first-order chi connectivity index (χ1) is 30.9. The van der Waals surface area contributed by atoms with Gasteiger partial charge >= 0.3 is 65.1 Å². The fraction of sp³-hybridized carbons (Fsp3) is 0.362. The Labute approximate surface area is 441 Å². The Bertz CT molecular complexity index is 3150. The maximum absolute atomic E-state index is 12.5. The molecule has 0 atom stereocenters. The zero-order valence-electron chi connectivity index (χ0n) is 38.8. The number of hydroxylamine groups is 2. The van der Waals surface area contributed by atoms with Crippen molar-refractivity contribution in [3.8, 4) is 0 Å². The Morgan fingerprint density at radius 2 is 1.29 bits per heavy atom. The fourth-order valence-electron chi connectivity index (χ4n) is 9.36. The number of allylic oxidation sites excluding steroid dienone is 6. The Balaban J connectivity index is 0.00000432. The molecule has 0 bridgehead atoms.